The Hall–Kier alpha value is -1.36. The number of nitrogens with zero attached hydrogens (tertiary/aromatic N) is 3. The van der Waals surface area contributed by atoms with Crippen LogP contribution in [0.25, 0.3) is 0 Å². The monoisotopic (exact) mass is 250 g/mol. The lowest BCUT2D eigenvalue weighted by molar-refractivity contribution is 0.305. The summed E-state index contributed by atoms with van der Waals surface area (Å²) in [5.41, 5.74) is 0. The molecule has 1 aromatic heterocycles. The summed E-state index contributed by atoms with van der Waals surface area (Å²) >= 11 is 0. The molecule has 1 fully saturated rings. The van der Waals surface area contributed by atoms with Gasteiger partial charge in [-0.3, -0.25) is 0 Å². The normalized spacial score (nSPS) is 19.2. The van der Waals surface area contributed by atoms with E-state index in [2.05, 4.69) is 27.1 Å². The number of hydrogen-bond donors (Lipinski definition) is 1. The zero-order chi connectivity index (χ0) is 12.8. The molecule has 0 bridgehead atoms. The van der Waals surface area contributed by atoms with E-state index in [4.69, 9.17) is 4.74 Å². The van der Waals surface area contributed by atoms with Crippen LogP contribution >= 0.6 is 0 Å². The van der Waals surface area contributed by atoms with Gasteiger partial charge < -0.3 is 15.0 Å². The fraction of sp³-hybridized carbons (Fsp3) is 0.692. The third kappa shape index (κ3) is 3.32. The molecule has 5 heteroatoms. The molecule has 1 aliphatic rings. The maximum atomic E-state index is 5.54. The van der Waals surface area contributed by atoms with Crippen molar-refractivity contribution >= 4 is 5.95 Å². The highest BCUT2D eigenvalue weighted by atomic mass is 16.5. The largest absolute Gasteiger partial charge is 0.478 e. The minimum Gasteiger partial charge on any atom is -0.478 e. The molecule has 1 atom stereocenters. The summed E-state index contributed by atoms with van der Waals surface area (Å²) in [6.07, 6.45) is 3.97. The Bertz CT molecular complexity index is 372. The van der Waals surface area contributed by atoms with Crippen molar-refractivity contribution in [1.29, 1.82) is 0 Å². The number of anilines is 1. The highest BCUT2D eigenvalue weighted by molar-refractivity contribution is 5.33. The van der Waals surface area contributed by atoms with Crippen LogP contribution < -0.4 is 15.0 Å². The van der Waals surface area contributed by atoms with Gasteiger partial charge in [-0.25, -0.2) is 4.98 Å². The fourth-order valence-corrected chi connectivity index (χ4v) is 2.24. The lowest BCUT2D eigenvalue weighted by Crippen LogP contribution is -2.25. The predicted octanol–water partition coefficient (Wildman–Crippen LogP) is 1.31. The first-order chi connectivity index (χ1) is 8.83. The van der Waals surface area contributed by atoms with Crippen molar-refractivity contribution < 1.29 is 4.74 Å². The molecule has 1 unspecified atom stereocenters. The van der Waals surface area contributed by atoms with Crippen molar-refractivity contribution in [1.82, 2.24) is 15.3 Å². The van der Waals surface area contributed by atoms with Gasteiger partial charge in [-0.1, -0.05) is 6.92 Å². The molecule has 0 radical (unpaired) electrons. The first-order valence-electron chi connectivity index (χ1n) is 6.69. The van der Waals surface area contributed by atoms with Gasteiger partial charge in [-0.2, -0.15) is 4.98 Å². The molecule has 18 heavy (non-hydrogen) atoms. The Kier molecular flexibility index (Phi) is 4.75. The van der Waals surface area contributed by atoms with Gasteiger partial charge >= 0.3 is 0 Å². The summed E-state index contributed by atoms with van der Waals surface area (Å²) < 4.78 is 5.54. The van der Waals surface area contributed by atoms with E-state index < -0.39 is 0 Å². The van der Waals surface area contributed by atoms with Crippen molar-refractivity contribution in [3.63, 3.8) is 0 Å². The van der Waals surface area contributed by atoms with Gasteiger partial charge in [-0.15, -0.1) is 0 Å². The molecule has 0 saturated carbocycles. The molecule has 2 heterocycles. The summed E-state index contributed by atoms with van der Waals surface area (Å²) in [4.78, 5) is 11.0. The molecule has 2 rings (SSSR count). The molecule has 0 aliphatic carbocycles. The van der Waals surface area contributed by atoms with Gasteiger partial charge in [0.2, 0.25) is 11.8 Å². The van der Waals surface area contributed by atoms with E-state index in [9.17, 15) is 0 Å². The standard InChI is InChI=1S/C13H22N4O/c1-3-8-18-12-4-6-15-13(16-12)17-7-5-11(10-17)9-14-2/h4,6,11,14H,3,5,7-10H2,1-2H3. The summed E-state index contributed by atoms with van der Waals surface area (Å²) in [7, 11) is 2.00. The van der Waals surface area contributed by atoms with Crippen LogP contribution in [0, 0.1) is 5.92 Å². The van der Waals surface area contributed by atoms with E-state index in [-0.39, 0.29) is 0 Å². The second kappa shape index (κ2) is 6.54. The molecular formula is C13H22N4O. The van der Waals surface area contributed by atoms with E-state index in [1.807, 2.05) is 13.1 Å². The van der Waals surface area contributed by atoms with Gasteiger partial charge in [0.1, 0.15) is 0 Å². The average Bonchev–Trinajstić information content (AvgIpc) is 2.86. The number of ether oxygens (including phenoxy) is 1. The van der Waals surface area contributed by atoms with Crippen molar-refractivity contribution in [2.45, 2.75) is 19.8 Å². The predicted molar refractivity (Wildman–Crippen MR) is 72.1 cm³/mol. The van der Waals surface area contributed by atoms with Crippen LogP contribution in [0.2, 0.25) is 0 Å². The molecule has 1 N–H and O–H groups in total. The quantitative estimate of drug-likeness (QED) is 0.825. The SMILES string of the molecule is CCCOc1ccnc(N2CCC(CNC)C2)n1. The Balaban J connectivity index is 1.96. The van der Waals surface area contributed by atoms with Crippen LogP contribution in [0.5, 0.6) is 5.88 Å². The Labute approximate surface area is 109 Å². The minimum atomic E-state index is 0.680. The zero-order valence-corrected chi connectivity index (χ0v) is 11.2. The maximum absolute atomic E-state index is 5.54. The molecule has 0 aromatic carbocycles. The van der Waals surface area contributed by atoms with Crippen molar-refractivity contribution in [3.05, 3.63) is 12.3 Å². The summed E-state index contributed by atoms with van der Waals surface area (Å²) in [6.45, 7) is 5.91. The third-order valence-corrected chi connectivity index (χ3v) is 3.13. The van der Waals surface area contributed by atoms with E-state index in [1.54, 1.807) is 6.20 Å². The molecule has 100 valence electrons. The van der Waals surface area contributed by atoms with Crippen molar-refractivity contribution in [2.24, 2.45) is 5.92 Å². The van der Waals surface area contributed by atoms with Crippen LogP contribution in [0.4, 0.5) is 5.95 Å². The number of aromatic nitrogens is 2. The Morgan fingerprint density at radius 2 is 2.44 bits per heavy atom. The average molecular weight is 250 g/mol. The van der Waals surface area contributed by atoms with Crippen LogP contribution in [-0.4, -0.2) is 43.3 Å². The second-order valence-corrected chi connectivity index (χ2v) is 4.70. The van der Waals surface area contributed by atoms with Crippen molar-refractivity contribution in [2.75, 3.05) is 38.2 Å². The molecule has 0 amide bonds. The smallest absolute Gasteiger partial charge is 0.228 e. The molecule has 5 nitrogen and oxygen atoms in total. The highest BCUT2D eigenvalue weighted by Crippen LogP contribution is 2.21. The fourth-order valence-electron chi connectivity index (χ4n) is 2.24. The van der Waals surface area contributed by atoms with Gasteiger partial charge in [0.25, 0.3) is 0 Å². The van der Waals surface area contributed by atoms with Gasteiger partial charge in [0.15, 0.2) is 0 Å². The first kappa shape index (κ1) is 13.1. The minimum absolute atomic E-state index is 0.680. The molecular weight excluding hydrogens is 228 g/mol. The molecule has 1 aromatic rings. The highest BCUT2D eigenvalue weighted by Gasteiger charge is 2.23. The lowest BCUT2D eigenvalue weighted by atomic mass is 10.1. The van der Waals surface area contributed by atoms with Gasteiger partial charge in [0.05, 0.1) is 6.61 Å². The Morgan fingerprint density at radius 1 is 1.56 bits per heavy atom. The van der Waals surface area contributed by atoms with E-state index in [0.717, 1.165) is 32.0 Å². The molecule has 1 aliphatic heterocycles. The van der Waals surface area contributed by atoms with Crippen LogP contribution in [0.3, 0.4) is 0 Å². The summed E-state index contributed by atoms with van der Waals surface area (Å²) in [6, 6.07) is 1.82. The number of rotatable bonds is 6. The van der Waals surface area contributed by atoms with Crippen LogP contribution in [-0.2, 0) is 0 Å². The topological polar surface area (TPSA) is 50.3 Å². The third-order valence-electron chi connectivity index (χ3n) is 3.13. The van der Waals surface area contributed by atoms with Crippen LogP contribution in [0.1, 0.15) is 19.8 Å². The van der Waals surface area contributed by atoms with Gasteiger partial charge in [-0.05, 0) is 32.4 Å². The maximum Gasteiger partial charge on any atom is 0.228 e. The number of hydrogen-bond acceptors (Lipinski definition) is 5. The van der Waals surface area contributed by atoms with Crippen LogP contribution in [0.15, 0.2) is 12.3 Å². The van der Waals surface area contributed by atoms with Gasteiger partial charge in [0, 0.05) is 25.4 Å². The second-order valence-electron chi connectivity index (χ2n) is 4.70. The molecule has 1 saturated heterocycles. The first-order valence-corrected chi connectivity index (χ1v) is 6.69. The Morgan fingerprint density at radius 3 is 3.22 bits per heavy atom. The summed E-state index contributed by atoms with van der Waals surface area (Å²) in [5, 5.41) is 3.23. The van der Waals surface area contributed by atoms with E-state index >= 15 is 0 Å². The zero-order valence-electron chi connectivity index (χ0n) is 11.2. The molecule has 0 spiro atoms. The van der Waals surface area contributed by atoms with E-state index in [1.165, 1.54) is 6.42 Å². The number of nitrogens with one attached hydrogen (secondary N) is 1. The van der Waals surface area contributed by atoms with E-state index in [0.29, 0.717) is 18.4 Å². The lowest BCUT2D eigenvalue weighted by Gasteiger charge is -2.16. The van der Waals surface area contributed by atoms with Crippen molar-refractivity contribution in [3.8, 4) is 5.88 Å². The summed E-state index contributed by atoms with van der Waals surface area (Å²) in [5.74, 6) is 2.17.